The van der Waals surface area contributed by atoms with Gasteiger partial charge >= 0.3 is 0 Å². The Hall–Kier alpha value is -0.760. The van der Waals surface area contributed by atoms with Crippen LogP contribution in [-0.2, 0) is 10.0 Å². The minimum atomic E-state index is -3.64. The van der Waals surface area contributed by atoms with Crippen molar-refractivity contribution in [2.75, 3.05) is 25.2 Å². The molecule has 0 heterocycles. The van der Waals surface area contributed by atoms with Crippen LogP contribution in [0.1, 0.15) is 19.4 Å². The highest BCUT2D eigenvalue weighted by molar-refractivity contribution is 7.98. The first-order valence-corrected chi connectivity index (χ1v) is 9.54. The molecule has 1 aromatic carbocycles. The highest BCUT2D eigenvalue weighted by atomic mass is 32.2. The molecule has 0 fully saturated rings. The maximum atomic E-state index is 12.2. The monoisotopic (exact) mass is 333 g/mol. The molecule has 120 valence electrons. The van der Waals surface area contributed by atoms with Crippen LogP contribution in [0.3, 0.4) is 0 Å². The maximum absolute atomic E-state index is 12.2. The summed E-state index contributed by atoms with van der Waals surface area (Å²) in [7, 11) is -3.64. The molecule has 0 aliphatic heterocycles. The van der Waals surface area contributed by atoms with E-state index in [1.807, 2.05) is 13.2 Å². The summed E-state index contributed by atoms with van der Waals surface area (Å²) in [5.74, 6) is 1.13. The molecular weight excluding hydrogens is 310 g/mol. The highest BCUT2D eigenvalue weighted by Gasteiger charge is 2.24. The van der Waals surface area contributed by atoms with Crippen LogP contribution in [-0.4, -0.2) is 44.3 Å². The molecule has 5 nitrogen and oxygen atoms in total. The Morgan fingerprint density at radius 3 is 2.62 bits per heavy atom. The fraction of sp³-hybridized carbons (Fsp3) is 0.571. The highest BCUT2D eigenvalue weighted by Crippen LogP contribution is 2.22. The van der Waals surface area contributed by atoms with Gasteiger partial charge in [-0.05, 0) is 50.8 Å². The van der Waals surface area contributed by atoms with Crippen LogP contribution in [0.4, 0.5) is 0 Å². The molecule has 1 unspecified atom stereocenters. The van der Waals surface area contributed by atoms with E-state index in [9.17, 15) is 13.5 Å². The Balaban J connectivity index is 2.86. The molecule has 0 bridgehead atoms. The molecule has 0 aliphatic carbocycles. The number of hydrogen-bond donors (Lipinski definition) is 2. The standard InChI is InChI=1S/C14H23NO4S2/c1-5-19-13-7-6-12(8-11(13)2)21(17,18)15-9-14(3,16)10-20-4/h6-8,15-16H,5,9-10H2,1-4H3. The zero-order chi connectivity index (χ0) is 16.1. The lowest BCUT2D eigenvalue weighted by atomic mass is 10.1. The molecule has 2 N–H and O–H groups in total. The number of nitrogens with one attached hydrogen (secondary N) is 1. The molecule has 7 heteroatoms. The summed E-state index contributed by atoms with van der Waals surface area (Å²) in [6, 6.07) is 4.72. The molecule has 0 aromatic heterocycles. The van der Waals surface area contributed by atoms with Crippen molar-refractivity contribution < 1.29 is 18.3 Å². The van der Waals surface area contributed by atoms with Gasteiger partial charge in [-0.15, -0.1) is 0 Å². The van der Waals surface area contributed by atoms with E-state index in [0.29, 0.717) is 18.1 Å². The van der Waals surface area contributed by atoms with Gasteiger partial charge in [0.1, 0.15) is 5.75 Å². The summed E-state index contributed by atoms with van der Waals surface area (Å²) in [6.45, 7) is 5.79. The van der Waals surface area contributed by atoms with Gasteiger partial charge in [0.05, 0.1) is 17.1 Å². The topological polar surface area (TPSA) is 75.6 Å². The van der Waals surface area contributed by atoms with Crippen LogP contribution >= 0.6 is 11.8 Å². The fourth-order valence-electron chi connectivity index (χ4n) is 1.80. The predicted molar refractivity (Wildman–Crippen MR) is 86.5 cm³/mol. The first-order chi connectivity index (χ1) is 9.72. The quantitative estimate of drug-likeness (QED) is 0.758. The second-order valence-electron chi connectivity index (χ2n) is 5.11. The normalized spacial score (nSPS) is 14.7. The maximum Gasteiger partial charge on any atom is 0.240 e. The minimum absolute atomic E-state index is 0.0254. The van der Waals surface area contributed by atoms with E-state index in [-0.39, 0.29) is 11.4 Å². The van der Waals surface area contributed by atoms with Crippen molar-refractivity contribution in [1.29, 1.82) is 0 Å². The summed E-state index contributed by atoms with van der Waals surface area (Å²) in [4.78, 5) is 0.170. The van der Waals surface area contributed by atoms with E-state index in [0.717, 1.165) is 5.56 Å². The summed E-state index contributed by atoms with van der Waals surface area (Å²) in [6.07, 6.45) is 1.86. The number of hydrogen-bond acceptors (Lipinski definition) is 5. The molecule has 21 heavy (non-hydrogen) atoms. The van der Waals surface area contributed by atoms with Gasteiger partial charge in [-0.1, -0.05) is 0 Å². The lowest BCUT2D eigenvalue weighted by Crippen LogP contribution is -2.42. The van der Waals surface area contributed by atoms with Gasteiger partial charge in [0.25, 0.3) is 0 Å². The fourth-order valence-corrected chi connectivity index (χ4v) is 3.77. The molecule has 1 rings (SSSR count). The van der Waals surface area contributed by atoms with Crippen molar-refractivity contribution in [3.05, 3.63) is 23.8 Å². The average Bonchev–Trinajstić information content (AvgIpc) is 2.39. The van der Waals surface area contributed by atoms with Crippen molar-refractivity contribution in [2.24, 2.45) is 0 Å². The number of aliphatic hydroxyl groups is 1. The minimum Gasteiger partial charge on any atom is -0.494 e. The Morgan fingerprint density at radius 1 is 1.43 bits per heavy atom. The van der Waals surface area contributed by atoms with Crippen LogP contribution in [0.25, 0.3) is 0 Å². The van der Waals surface area contributed by atoms with E-state index in [2.05, 4.69) is 4.72 Å². The van der Waals surface area contributed by atoms with Gasteiger partial charge < -0.3 is 9.84 Å². The third-order valence-electron chi connectivity index (χ3n) is 2.85. The van der Waals surface area contributed by atoms with Gasteiger partial charge in [0.15, 0.2) is 0 Å². The van der Waals surface area contributed by atoms with E-state index in [1.54, 1.807) is 26.0 Å². The number of ether oxygens (including phenoxy) is 1. The first-order valence-electron chi connectivity index (χ1n) is 6.66. The number of thioether (sulfide) groups is 1. The summed E-state index contributed by atoms with van der Waals surface area (Å²) in [5.41, 5.74) is -0.317. The molecule has 0 saturated heterocycles. The molecule has 0 aliphatic rings. The molecule has 1 aromatic rings. The second-order valence-corrected chi connectivity index (χ2v) is 7.75. The Labute approximate surface area is 131 Å². The van der Waals surface area contributed by atoms with Gasteiger partial charge in [-0.3, -0.25) is 0 Å². The van der Waals surface area contributed by atoms with Crippen LogP contribution in [0.5, 0.6) is 5.75 Å². The lowest BCUT2D eigenvalue weighted by Gasteiger charge is -2.22. The Morgan fingerprint density at radius 2 is 2.10 bits per heavy atom. The Bertz CT molecular complexity index is 570. The largest absolute Gasteiger partial charge is 0.494 e. The van der Waals surface area contributed by atoms with Crippen molar-refractivity contribution in [1.82, 2.24) is 4.72 Å². The third-order valence-corrected chi connectivity index (χ3v) is 5.16. The van der Waals surface area contributed by atoms with Gasteiger partial charge in [0, 0.05) is 12.3 Å². The second kappa shape index (κ2) is 7.49. The summed E-state index contributed by atoms with van der Waals surface area (Å²) < 4.78 is 32.3. The SMILES string of the molecule is CCOc1ccc(S(=O)(=O)NCC(C)(O)CSC)cc1C. The van der Waals surface area contributed by atoms with E-state index in [4.69, 9.17) is 4.74 Å². The molecule has 1 atom stereocenters. The smallest absolute Gasteiger partial charge is 0.240 e. The summed E-state index contributed by atoms with van der Waals surface area (Å²) >= 11 is 1.46. The zero-order valence-electron chi connectivity index (χ0n) is 12.8. The summed E-state index contributed by atoms with van der Waals surface area (Å²) in [5, 5.41) is 10.0. The first kappa shape index (κ1) is 18.3. The van der Waals surface area contributed by atoms with Crippen LogP contribution in [0.2, 0.25) is 0 Å². The molecule has 0 spiro atoms. The van der Waals surface area contributed by atoms with Crippen molar-refractivity contribution in [3.8, 4) is 5.75 Å². The van der Waals surface area contributed by atoms with Gasteiger partial charge in [0.2, 0.25) is 10.0 Å². The van der Waals surface area contributed by atoms with Crippen molar-refractivity contribution in [3.63, 3.8) is 0 Å². The van der Waals surface area contributed by atoms with Gasteiger partial charge in [-0.2, -0.15) is 11.8 Å². The molecule has 0 saturated carbocycles. The molecule has 0 amide bonds. The number of rotatable bonds is 8. The van der Waals surface area contributed by atoms with Crippen molar-refractivity contribution in [2.45, 2.75) is 31.3 Å². The number of sulfonamides is 1. The van der Waals surface area contributed by atoms with Gasteiger partial charge in [-0.25, -0.2) is 13.1 Å². The third kappa shape index (κ3) is 5.50. The van der Waals surface area contributed by atoms with E-state index in [1.165, 1.54) is 17.8 Å². The van der Waals surface area contributed by atoms with E-state index < -0.39 is 15.6 Å². The molecule has 0 radical (unpaired) electrons. The van der Waals surface area contributed by atoms with E-state index >= 15 is 0 Å². The van der Waals surface area contributed by atoms with Crippen LogP contribution < -0.4 is 9.46 Å². The number of benzene rings is 1. The zero-order valence-corrected chi connectivity index (χ0v) is 14.5. The Kier molecular flexibility index (Phi) is 6.52. The van der Waals surface area contributed by atoms with Crippen LogP contribution in [0, 0.1) is 6.92 Å². The predicted octanol–water partition coefficient (Wildman–Crippen LogP) is 1.79. The average molecular weight is 333 g/mol. The lowest BCUT2D eigenvalue weighted by molar-refractivity contribution is 0.0908. The number of aryl methyl sites for hydroxylation is 1. The molecular formula is C14H23NO4S2. The van der Waals surface area contributed by atoms with Crippen molar-refractivity contribution >= 4 is 21.8 Å². The van der Waals surface area contributed by atoms with Crippen LogP contribution in [0.15, 0.2) is 23.1 Å².